The van der Waals surface area contributed by atoms with E-state index in [2.05, 4.69) is 64.6 Å². The Bertz CT molecular complexity index is 492. The van der Waals surface area contributed by atoms with Gasteiger partial charge in [0.1, 0.15) is 0 Å². The second-order valence-electron chi connectivity index (χ2n) is 4.18. The molecule has 1 atom stereocenters. The molecule has 1 unspecified atom stereocenters. The van der Waals surface area contributed by atoms with Crippen LogP contribution in [0.3, 0.4) is 0 Å². The molecule has 0 saturated heterocycles. The highest BCUT2D eigenvalue weighted by molar-refractivity contribution is 9.11. The predicted molar refractivity (Wildman–Crippen MR) is 78.7 cm³/mol. The minimum absolute atomic E-state index is 0.396. The highest BCUT2D eigenvalue weighted by Gasteiger charge is 2.12. The fraction of sp³-hybridized carbons (Fsp3) is 0.286. The third kappa shape index (κ3) is 3.41. The van der Waals surface area contributed by atoms with E-state index in [1.165, 1.54) is 19.8 Å². The molecule has 3 heteroatoms. The van der Waals surface area contributed by atoms with Crippen molar-refractivity contribution in [3.05, 3.63) is 56.2 Å². The van der Waals surface area contributed by atoms with Crippen molar-refractivity contribution in [2.75, 3.05) is 7.05 Å². The van der Waals surface area contributed by atoms with Crippen molar-refractivity contribution in [3.8, 4) is 0 Å². The minimum Gasteiger partial charge on any atom is -0.312 e. The van der Waals surface area contributed by atoms with Gasteiger partial charge in [0.2, 0.25) is 0 Å². The molecule has 0 aliphatic rings. The topological polar surface area (TPSA) is 12.0 Å². The van der Waals surface area contributed by atoms with Crippen LogP contribution in [0.1, 0.15) is 22.0 Å². The molecule has 0 radical (unpaired) electrons. The molecule has 17 heavy (non-hydrogen) atoms. The van der Waals surface area contributed by atoms with Gasteiger partial charge in [-0.05, 0) is 54.0 Å². The van der Waals surface area contributed by atoms with Gasteiger partial charge < -0.3 is 5.32 Å². The van der Waals surface area contributed by atoms with Crippen molar-refractivity contribution in [2.45, 2.75) is 19.4 Å². The molecule has 1 nitrogen and oxygen atoms in total. The van der Waals surface area contributed by atoms with E-state index in [-0.39, 0.29) is 0 Å². The highest BCUT2D eigenvalue weighted by atomic mass is 79.9. The summed E-state index contributed by atoms with van der Waals surface area (Å²) in [7, 11) is 2.02. The quantitative estimate of drug-likeness (QED) is 0.886. The average molecular weight is 310 g/mol. The van der Waals surface area contributed by atoms with Gasteiger partial charge in [-0.3, -0.25) is 0 Å². The third-order valence-electron chi connectivity index (χ3n) is 2.81. The number of hydrogen-bond acceptors (Lipinski definition) is 2. The van der Waals surface area contributed by atoms with Crippen LogP contribution in [0.15, 0.2) is 40.2 Å². The van der Waals surface area contributed by atoms with Crippen LogP contribution in [0.2, 0.25) is 0 Å². The number of hydrogen-bond donors (Lipinski definition) is 1. The molecule has 0 spiro atoms. The number of halogens is 1. The highest BCUT2D eigenvalue weighted by Crippen LogP contribution is 2.29. The lowest BCUT2D eigenvalue weighted by Crippen LogP contribution is -2.17. The maximum Gasteiger partial charge on any atom is 0.0701 e. The maximum absolute atomic E-state index is 3.52. The monoisotopic (exact) mass is 309 g/mol. The van der Waals surface area contributed by atoms with Gasteiger partial charge in [0, 0.05) is 10.9 Å². The summed E-state index contributed by atoms with van der Waals surface area (Å²) in [5.41, 5.74) is 2.71. The summed E-state index contributed by atoms with van der Waals surface area (Å²) in [6.45, 7) is 2.14. The summed E-state index contributed by atoms with van der Waals surface area (Å²) >= 11 is 5.32. The van der Waals surface area contributed by atoms with E-state index in [1.54, 1.807) is 11.3 Å². The summed E-state index contributed by atoms with van der Waals surface area (Å²) in [5, 5.41) is 3.39. The number of thiophene rings is 1. The van der Waals surface area contributed by atoms with E-state index < -0.39 is 0 Å². The molecule has 90 valence electrons. The molecule has 1 aromatic carbocycles. The first-order chi connectivity index (χ1) is 8.19. The van der Waals surface area contributed by atoms with Crippen molar-refractivity contribution in [1.82, 2.24) is 5.32 Å². The summed E-state index contributed by atoms with van der Waals surface area (Å²) in [6.07, 6.45) is 1.03. The summed E-state index contributed by atoms with van der Waals surface area (Å²) in [6, 6.07) is 13.4. The van der Waals surface area contributed by atoms with Crippen molar-refractivity contribution in [2.24, 2.45) is 0 Å². The van der Waals surface area contributed by atoms with Gasteiger partial charge >= 0.3 is 0 Å². The van der Waals surface area contributed by atoms with E-state index in [4.69, 9.17) is 0 Å². The number of aryl methyl sites for hydroxylation is 1. The van der Waals surface area contributed by atoms with Crippen LogP contribution in [-0.4, -0.2) is 7.05 Å². The Morgan fingerprint density at radius 3 is 2.71 bits per heavy atom. The fourth-order valence-corrected chi connectivity index (χ4v) is 3.47. The van der Waals surface area contributed by atoms with Gasteiger partial charge in [-0.2, -0.15) is 0 Å². The van der Waals surface area contributed by atoms with Gasteiger partial charge in [0.15, 0.2) is 0 Å². The Labute approximate surface area is 115 Å². The number of likely N-dealkylation sites (N-methyl/N-ethyl adjacent to an activating group) is 1. The number of rotatable bonds is 4. The van der Waals surface area contributed by atoms with Crippen molar-refractivity contribution in [1.29, 1.82) is 0 Å². The Morgan fingerprint density at radius 2 is 2.12 bits per heavy atom. The minimum atomic E-state index is 0.396. The van der Waals surface area contributed by atoms with E-state index in [0.29, 0.717) is 6.04 Å². The molecule has 0 amide bonds. The molecule has 0 aliphatic carbocycles. The molecule has 1 aromatic heterocycles. The Hall–Kier alpha value is -0.640. The Morgan fingerprint density at radius 1 is 1.29 bits per heavy atom. The summed E-state index contributed by atoms with van der Waals surface area (Å²) < 4.78 is 1.19. The van der Waals surface area contributed by atoms with Crippen LogP contribution in [-0.2, 0) is 6.42 Å². The normalized spacial score (nSPS) is 12.6. The number of nitrogens with one attached hydrogen (secondary N) is 1. The second-order valence-corrected chi connectivity index (χ2v) is 6.67. The molecule has 0 fully saturated rings. The van der Waals surface area contributed by atoms with E-state index >= 15 is 0 Å². The molecular formula is C14H16BrNS. The SMILES string of the molecule is CNC(Cc1cccc(C)c1)c1ccc(Br)s1. The first-order valence-electron chi connectivity index (χ1n) is 5.67. The van der Waals surface area contributed by atoms with Crippen LogP contribution < -0.4 is 5.32 Å². The maximum atomic E-state index is 3.52. The van der Waals surface area contributed by atoms with Gasteiger partial charge in [0.05, 0.1) is 3.79 Å². The zero-order valence-electron chi connectivity index (χ0n) is 10.0. The van der Waals surface area contributed by atoms with Crippen LogP contribution in [0.25, 0.3) is 0 Å². The molecule has 0 bridgehead atoms. The van der Waals surface area contributed by atoms with Crippen LogP contribution >= 0.6 is 27.3 Å². The molecule has 1 N–H and O–H groups in total. The number of benzene rings is 1. The average Bonchev–Trinajstić information content (AvgIpc) is 2.73. The first-order valence-corrected chi connectivity index (χ1v) is 7.28. The Kier molecular flexibility index (Phi) is 4.37. The zero-order valence-corrected chi connectivity index (χ0v) is 12.4. The lowest BCUT2D eigenvalue weighted by atomic mass is 10.0. The van der Waals surface area contributed by atoms with Crippen LogP contribution in [0.5, 0.6) is 0 Å². The smallest absolute Gasteiger partial charge is 0.0701 e. The third-order valence-corrected chi connectivity index (χ3v) is 4.55. The largest absolute Gasteiger partial charge is 0.312 e. The second kappa shape index (κ2) is 5.80. The molecule has 1 heterocycles. The zero-order chi connectivity index (χ0) is 12.3. The van der Waals surface area contributed by atoms with Gasteiger partial charge in [-0.25, -0.2) is 0 Å². The van der Waals surface area contributed by atoms with Crippen molar-refractivity contribution >= 4 is 27.3 Å². The predicted octanol–water partition coefficient (Wildman–Crippen LogP) is 4.32. The first kappa shape index (κ1) is 12.8. The van der Waals surface area contributed by atoms with Crippen molar-refractivity contribution < 1.29 is 0 Å². The Balaban J connectivity index is 2.15. The molecule has 2 rings (SSSR count). The van der Waals surface area contributed by atoms with Crippen LogP contribution in [0, 0.1) is 6.92 Å². The van der Waals surface area contributed by atoms with Gasteiger partial charge in [0.25, 0.3) is 0 Å². The fourth-order valence-electron chi connectivity index (χ4n) is 1.94. The van der Waals surface area contributed by atoms with Gasteiger partial charge in [-0.15, -0.1) is 11.3 Å². The van der Waals surface area contributed by atoms with E-state index in [0.717, 1.165) is 6.42 Å². The van der Waals surface area contributed by atoms with E-state index in [9.17, 15) is 0 Å². The summed E-state index contributed by atoms with van der Waals surface area (Å²) in [5.74, 6) is 0. The molecular weight excluding hydrogens is 294 g/mol. The van der Waals surface area contributed by atoms with E-state index in [1.807, 2.05) is 7.05 Å². The summed E-state index contributed by atoms with van der Waals surface area (Å²) in [4.78, 5) is 1.38. The van der Waals surface area contributed by atoms with Crippen molar-refractivity contribution in [3.63, 3.8) is 0 Å². The molecule has 2 aromatic rings. The van der Waals surface area contributed by atoms with Crippen LogP contribution in [0.4, 0.5) is 0 Å². The molecule has 0 saturated carbocycles. The standard InChI is InChI=1S/C14H16BrNS/c1-10-4-3-5-11(8-10)9-12(16-2)13-6-7-14(15)17-13/h3-8,12,16H,9H2,1-2H3. The lowest BCUT2D eigenvalue weighted by molar-refractivity contribution is 0.602. The molecule has 0 aliphatic heterocycles. The van der Waals surface area contributed by atoms with Gasteiger partial charge in [-0.1, -0.05) is 29.8 Å². The lowest BCUT2D eigenvalue weighted by Gasteiger charge is -2.14.